The zero-order valence-corrected chi connectivity index (χ0v) is 26.1. The Morgan fingerprint density at radius 2 is 1.83 bits per heavy atom. The molecule has 2 atom stereocenters. The number of likely N-dealkylation sites (tertiary alicyclic amines) is 1. The molecule has 11 nitrogen and oxygen atoms in total. The van der Waals surface area contributed by atoms with Gasteiger partial charge in [0, 0.05) is 42.9 Å². The highest BCUT2D eigenvalue weighted by Gasteiger charge is 2.45. The van der Waals surface area contributed by atoms with Crippen molar-refractivity contribution < 1.29 is 27.6 Å². The number of fused-ring (bicyclic) bond motifs is 1. The Labute approximate surface area is 274 Å². The first-order valence-electron chi connectivity index (χ1n) is 15.5. The molecule has 2 aliphatic rings. The number of hydrogen-bond acceptors (Lipinski definition) is 7. The third-order valence-electron chi connectivity index (χ3n) is 8.43. The van der Waals surface area contributed by atoms with Gasteiger partial charge in [-0.25, -0.2) is 14.6 Å². The fourth-order valence-electron chi connectivity index (χ4n) is 5.94. The predicted octanol–water partition coefficient (Wildman–Crippen LogP) is 3.86. The molecule has 0 saturated carbocycles. The highest BCUT2D eigenvalue weighted by Crippen LogP contribution is 2.41. The van der Waals surface area contributed by atoms with E-state index in [1.165, 1.54) is 4.90 Å². The summed E-state index contributed by atoms with van der Waals surface area (Å²) < 4.78 is 41.8. The molecule has 2 aromatic carbocycles. The van der Waals surface area contributed by atoms with Gasteiger partial charge in [0.25, 0.3) is 11.8 Å². The van der Waals surface area contributed by atoms with E-state index in [-0.39, 0.29) is 19.0 Å². The fourth-order valence-corrected chi connectivity index (χ4v) is 5.94. The Kier molecular flexibility index (Phi) is 9.09. The van der Waals surface area contributed by atoms with Crippen molar-refractivity contribution in [2.24, 2.45) is 0 Å². The number of likely N-dealkylation sites (N-methyl/N-ethyl adjacent to an activating group) is 1. The predicted molar refractivity (Wildman–Crippen MR) is 170 cm³/mol. The van der Waals surface area contributed by atoms with E-state index in [4.69, 9.17) is 0 Å². The molecule has 3 amide bonds. The number of amides is 3. The van der Waals surface area contributed by atoms with E-state index < -0.39 is 41.5 Å². The van der Waals surface area contributed by atoms with Crippen LogP contribution in [0.25, 0.3) is 5.69 Å². The van der Waals surface area contributed by atoms with E-state index in [1.807, 2.05) is 42.5 Å². The number of carbonyl (C=O) groups is 3. The van der Waals surface area contributed by atoms with Crippen molar-refractivity contribution in [2.75, 3.05) is 31.1 Å². The summed E-state index contributed by atoms with van der Waals surface area (Å²) in [5.74, 6) is -2.82. The third-order valence-corrected chi connectivity index (χ3v) is 8.43. The number of para-hydroxylation sites is 1. The number of aromatic nitrogens is 4. The van der Waals surface area contributed by atoms with Gasteiger partial charge < -0.3 is 10.6 Å². The number of carbonyl (C=O) groups excluding carboxylic acids is 3. The maximum atomic E-state index is 14.2. The highest BCUT2D eigenvalue weighted by molar-refractivity contribution is 6.04. The van der Waals surface area contributed by atoms with Crippen LogP contribution in [0.15, 0.2) is 85.2 Å². The van der Waals surface area contributed by atoms with E-state index >= 15 is 0 Å². The van der Waals surface area contributed by atoms with Crippen LogP contribution < -0.4 is 15.5 Å². The average molecular weight is 659 g/mol. The van der Waals surface area contributed by atoms with Crippen molar-refractivity contribution in [3.8, 4) is 5.69 Å². The number of halogens is 3. The SMILES string of the molecule is C=C(CN1CCC1)C(=O)NCc1cccc(C2c3cnn(-c4ccccc4)c3N(CC)C(=O)C2NC(=O)c2nccc(C(F)(F)F)n2)c1. The first kappa shape index (κ1) is 32.6. The number of nitrogens with one attached hydrogen (secondary N) is 2. The fraction of sp³-hybridized carbons (Fsp3) is 0.294. The number of rotatable bonds is 10. The maximum absolute atomic E-state index is 14.2. The van der Waals surface area contributed by atoms with Crippen molar-refractivity contribution in [3.05, 3.63) is 113 Å². The molecule has 0 aliphatic carbocycles. The molecule has 4 aromatic rings. The Hall–Kier alpha value is -5.37. The number of anilines is 1. The molecule has 4 heterocycles. The number of benzene rings is 2. The summed E-state index contributed by atoms with van der Waals surface area (Å²) in [7, 11) is 0. The smallest absolute Gasteiger partial charge is 0.348 e. The summed E-state index contributed by atoms with van der Waals surface area (Å²) in [5, 5.41) is 10.1. The molecule has 0 bridgehead atoms. The van der Waals surface area contributed by atoms with Crippen molar-refractivity contribution in [1.29, 1.82) is 0 Å². The van der Waals surface area contributed by atoms with Gasteiger partial charge in [-0.05, 0) is 55.8 Å². The normalized spacial score (nSPS) is 17.8. The summed E-state index contributed by atoms with van der Waals surface area (Å²) in [6, 6.07) is 15.9. The van der Waals surface area contributed by atoms with Crippen LogP contribution in [0.2, 0.25) is 0 Å². The summed E-state index contributed by atoms with van der Waals surface area (Å²) in [6.07, 6.45) is -1.22. The summed E-state index contributed by atoms with van der Waals surface area (Å²) in [5.41, 5.74) is 1.85. The minimum Gasteiger partial charge on any atom is -0.348 e. The molecular weight excluding hydrogens is 625 g/mol. The lowest BCUT2D eigenvalue weighted by Gasteiger charge is -2.38. The summed E-state index contributed by atoms with van der Waals surface area (Å²) in [4.78, 5) is 51.2. The third kappa shape index (κ3) is 6.56. The molecule has 248 valence electrons. The van der Waals surface area contributed by atoms with Gasteiger partial charge in [0.05, 0.1) is 11.9 Å². The topological polar surface area (TPSA) is 125 Å². The molecule has 6 rings (SSSR count). The molecule has 2 aliphatic heterocycles. The zero-order valence-electron chi connectivity index (χ0n) is 26.1. The summed E-state index contributed by atoms with van der Waals surface area (Å²) in [6.45, 7) is 8.46. The Bertz CT molecular complexity index is 1860. The molecule has 2 unspecified atom stereocenters. The highest BCUT2D eigenvalue weighted by atomic mass is 19.4. The Morgan fingerprint density at radius 1 is 1.06 bits per heavy atom. The lowest BCUT2D eigenvalue weighted by atomic mass is 9.82. The van der Waals surface area contributed by atoms with Crippen LogP contribution in [0.1, 0.15) is 52.3 Å². The lowest BCUT2D eigenvalue weighted by Crippen LogP contribution is -2.55. The minimum atomic E-state index is -4.79. The molecular formula is C34H33F3N8O3. The molecule has 1 saturated heterocycles. The van der Waals surface area contributed by atoms with E-state index in [1.54, 1.807) is 29.9 Å². The number of hydrogen-bond donors (Lipinski definition) is 2. The first-order chi connectivity index (χ1) is 23.0. The second-order valence-corrected chi connectivity index (χ2v) is 11.6. The van der Waals surface area contributed by atoms with E-state index in [0.29, 0.717) is 40.8 Å². The van der Waals surface area contributed by atoms with Gasteiger partial charge in [0.2, 0.25) is 11.7 Å². The second-order valence-electron chi connectivity index (χ2n) is 11.6. The Morgan fingerprint density at radius 3 is 2.52 bits per heavy atom. The van der Waals surface area contributed by atoms with Gasteiger partial charge in [0.15, 0.2) is 0 Å². The van der Waals surface area contributed by atoms with Crippen LogP contribution in [-0.4, -0.2) is 74.6 Å². The second kappa shape index (κ2) is 13.4. The molecule has 0 radical (unpaired) electrons. The largest absolute Gasteiger partial charge is 0.433 e. The standard InChI is InChI=1S/C34H33F3N8O3/c1-3-44-32-25(19-40-45(32)24-11-5-4-6-12-24)27(28(33(44)48)42-31(47)29-38-14-13-26(41-29)34(35,36)37)23-10-7-9-22(17-23)18-39-30(46)21(2)20-43-15-8-16-43/h4-7,9-14,17,19,27-28H,2-3,8,15-16,18,20H2,1H3,(H,39,46)(H,42,47). The van der Waals surface area contributed by atoms with Crippen molar-refractivity contribution in [1.82, 2.24) is 35.3 Å². The molecule has 1 fully saturated rings. The lowest BCUT2D eigenvalue weighted by molar-refractivity contribution is -0.141. The van der Waals surface area contributed by atoms with Crippen molar-refractivity contribution in [2.45, 2.75) is 38.0 Å². The Balaban J connectivity index is 1.36. The molecule has 2 aromatic heterocycles. The van der Waals surface area contributed by atoms with E-state index in [9.17, 15) is 27.6 Å². The molecule has 0 spiro atoms. The van der Waals surface area contributed by atoms with E-state index in [2.05, 4.69) is 37.2 Å². The first-order valence-corrected chi connectivity index (χ1v) is 15.5. The monoisotopic (exact) mass is 658 g/mol. The number of nitrogens with zero attached hydrogens (tertiary/aromatic N) is 6. The van der Waals surface area contributed by atoms with Crippen molar-refractivity contribution in [3.63, 3.8) is 0 Å². The van der Waals surface area contributed by atoms with Crippen LogP contribution in [0.5, 0.6) is 0 Å². The van der Waals surface area contributed by atoms with Gasteiger partial charge in [-0.3, -0.25) is 24.2 Å². The van der Waals surface area contributed by atoms with Crippen LogP contribution in [0.3, 0.4) is 0 Å². The van der Waals surface area contributed by atoms with Gasteiger partial charge in [-0.1, -0.05) is 49.0 Å². The zero-order chi connectivity index (χ0) is 34.0. The molecule has 2 N–H and O–H groups in total. The average Bonchev–Trinajstić information content (AvgIpc) is 3.50. The van der Waals surface area contributed by atoms with Crippen molar-refractivity contribution >= 4 is 23.5 Å². The van der Waals surface area contributed by atoms with Gasteiger partial charge in [0.1, 0.15) is 17.6 Å². The summed E-state index contributed by atoms with van der Waals surface area (Å²) >= 11 is 0. The molecule has 14 heteroatoms. The quantitative estimate of drug-likeness (QED) is 0.248. The molecule has 48 heavy (non-hydrogen) atoms. The van der Waals surface area contributed by atoms with Gasteiger partial charge >= 0.3 is 6.18 Å². The van der Waals surface area contributed by atoms with Crippen LogP contribution >= 0.6 is 0 Å². The van der Waals surface area contributed by atoms with Gasteiger partial charge in [-0.15, -0.1) is 0 Å². The van der Waals surface area contributed by atoms with Crippen LogP contribution in [0, 0.1) is 0 Å². The number of alkyl halides is 3. The van der Waals surface area contributed by atoms with Gasteiger partial charge in [-0.2, -0.15) is 18.3 Å². The maximum Gasteiger partial charge on any atom is 0.433 e. The van der Waals surface area contributed by atoms with Crippen LogP contribution in [0.4, 0.5) is 19.0 Å². The van der Waals surface area contributed by atoms with Crippen LogP contribution in [-0.2, 0) is 22.3 Å². The minimum absolute atomic E-state index is 0.179. The van der Waals surface area contributed by atoms with E-state index in [0.717, 1.165) is 31.3 Å².